The van der Waals surface area contributed by atoms with Crippen LogP contribution in [0.15, 0.2) is 0 Å². The second-order valence-corrected chi connectivity index (χ2v) is 5.79. The molecular formula is C13H21N3O3S. The van der Waals surface area contributed by atoms with Gasteiger partial charge in [0.1, 0.15) is 9.88 Å². The van der Waals surface area contributed by atoms with Crippen LogP contribution in [0.3, 0.4) is 0 Å². The van der Waals surface area contributed by atoms with Crippen molar-refractivity contribution in [2.75, 3.05) is 6.54 Å². The third kappa shape index (κ3) is 3.34. The number of nitrogens with two attached hydrogens (primary N) is 1. The molecule has 6 nitrogen and oxygen atoms in total. The number of thiazole rings is 1. The Kier molecular flexibility index (Phi) is 5.64. The van der Waals surface area contributed by atoms with Crippen molar-refractivity contribution in [3.63, 3.8) is 0 Å². The number of rotatable bonds is 7. The molecule has 4 N–H and O–H groups in total. The summed E-state index contributed by atoms with van der Waals surface area (Å²) in [5.74, 6) is -1.09. The van der Waals surface area contributed by atoms with Crippen LogP contribution in [0.1, 0.15) is 47.1 Å². The van der Waals surface area contributed by atoms with Crippen molar-refractivity contribution in [2.45, 2.75) is 40.2 Å². The molecule has 20 heavy (non-hydrogen) atoms. The second-order valence-electron chi connectivity index (χ2n) is 4.70. The van der Waals surface area contributed by atoms with E-state index >= 15 is 0 Å². The Labute approximate surface area is 122 Å². The number of carboxylic acids is 1. The summed E-state index contributed by atoms with van der Waals surface area (Å²) in [5.41, 5.74) is 5.64. The van der Waals surface area contributed by atoms with E-state index in [1.165, 1.54) is 0 Å². The van der Waals surface area contributed by atoms with Crippen LogP contribution in [0.2, 0.25) is 0 Å². The van der Waals surface area contributed by atoms with E-state index in [2.05, 4.69) is 10.3 Å². The molecule has 0 atom stereocenters. The van der Waals surface area contributed by atoms with Crippen molar-refractivity contribution in [1.29, 1.82) is 0 Å². The van der Waals surface area contributed by atoms with Crippen molar-refractivity contribution in [1.82, 2.24) is 10.3 Å². The van der Waals surface area contributed by atoms with E-state index < -0.39 is 11.4 Å². The number of aromatic carboxylic acids is 1. The minimum Gasteiger partial charge on any atom is -0.477 e. The number of aryl methyl sites for hydroxylation is 1. The van der Waals surface area contributed by atoms with Crippen LogP contribution >= 0.6 is 11.3 Å². The number of amides is 1. The number of nitrogens with zero attached hydrogens (tertiary/aromatic N) is 1. The normalized spacial score (nSPS) is 11.4. The molecule has 0 aromatic carbocycles. The fraction of sp³-hybridized carbons (Fsp3) is 0.615. The molecule has 112 valence electrons. The van der Waals surface area contributed by atoms with Crippen molar-refractivity contribution < 1.29 is 14.7 Å². The highest BCUT2D eigenvalue weighted by Crippen LogP contribution is 2.25. The lowest BCUT2D eigenvalue weighted by atomic mass is 9.81. The quantitative estimate of drug-likeness (QED) is 0.708. The van der Waals surface area contributed by atoms with E-state index in [4.69, 9.17) is 10.8 Å². The van der Waals surface area contributed by atoms with Gasteiger partial charge < -0.3 is 16.2 Å². The maximum Gasteiger partial charge on any atom is 0.347 e. The highest BCUT2D eigenvalue weighted by atomic mass is 32.1. The molecule has 0 spiro atoms. The van der Waals surface area contributed by atoms with Crippen LogP contribution in [0.25, 0.3) is 0 Å². The Morgan fingerprint density at radius 1 is 1.40 bits per heavy atom. The number of hydrogen-bond acceptors (Lipinski definition) is 5. The molecule has 0 aliphatic carbocycles. The summed E-state index contributed by atoms with van der Waals surface area (Å²) in [5, 5.41) is 12.4. The summed E-state index contributed by atoms with van der Waals surface area (Å²) in [7, 11) is 0. The van der Waals surface area contributed by atoms with Gasteiger partial charge in [-0.1, -0.05) is 13.8 Å². The Morgan fingerprint density at radius 2 is 2.00 bits per heavy atom. The summed E-state index contributed by atoms with van der Waals surface area (Å²) < 4.78 is 0. The van der Waals surface area contributed by atoms with Gasteiger partial charge in [0.25, 0.3) is 0 Å². The number of carboxylic acid groups (broad SMARTS) is 1. The molecule has 1 rings (SSSR count). The predicted octanol–water partition coefficient (Wildman–Crippen LogP) is 1.53. The van der Waals surface area contributed by atoms with Gasteiger partial charge in [-0.15, -0.1) is 11.3 Å². The Hall–Kier alpha value is -1.47. The maximum atomic E-state index is 12.2. The van der Waals surface area contributed by atoms with Crippen LogP contribution in [-0.4, -0.2) is 28.5 Å². The van der Waals surface area contributed by atoms with Gasteiger partial charge >= 0.3 is 5.97 Å². The Bertz CT molecular complexity index is 487. The molecule has 1 heterocycles. The number of nitrogens with one attached hydrogen (secondary N) is 1. The minimum atomic E-state index is -0.990. The predicted molar refractivity (Wildman–Crippen MR) is 77.7 cm³/mol. The third-order valence-electron chi connectivity index (χ3n) is 3.66. The highest BCUT2D eigenvalue weighted by molar-refractivity contribution is 7.13. The monoisotopic (exact) mass is 299 g/mol. The lowest BCUT2D eigenvalue weighted by molar-refractivity contribution is -0.131. The maximum absolute atomic E-state index is 12.2. The lowest BCUT2D eigenvalue weighted by Crippen LogP contribution is -2.45. The van der Waals surface area contributed by atoms with E-state index in [0.29, 0.717) is 30.1 Å². The van der Waals surface area contributed by atoms with Gasteiger partial charge in [0.2, 0.25) is 5.91 Å². The van der Waals surface area contributed by atoms with E-state index in [1.54, 1.807) is 6.92 Å². The fourth-order valence-corrected chi connectivity index (χ4v) is 2.87. The highest BCUT2D eigenvalue weighted by Gasteiger charge is 2.33. The molecule has 1 amide bonds. The van der Waals surface area contributed by atoms with Gasteiger partial charge in [-0.2, -0.15) is 0 Å². The molecule has 0 saturated carbocycles. The first kappa shape index (κ1) is 16.6. The summed E-state index contributed by atoms with van der Waals surface area (Å²) in [6, 6.07) is 0. The molecular weight excluding hydrogens is 278 g/mol. The van der Waals surface area contributed by atoms with Gasteiger partial charge in [0.05, 0.1) is 17.7 Å². The van der Waals surface area contributed by atoms with E-state index in [0.717, 1.165) is 11.3 Å². The molecule has 0 bridgehead atoms. The zero-order valence-corrected chi connectivity index (χ0v) is 12.8. The van der Waals surface area contributed by atoms with Crippen molar-refractivity contribution in [3.8, 4) is 0 Å². The van der Waals surface area contributed by atoms with Gasteiger partial charge in [-0.3, -0.25) is 4.79 Å². The molecule has 7 heteroatoms. The fourth-order valence-electron chi connectivity index (χ4n) is 2.02. The smallest absolute Gasteiger partial charge is 0.347 e. The molecule has 0 aliphatic heterocycles. The molecule has 0 radical (unpaired) electrons. The van der Waals surface area contributed by atoms with Crippen molar-refractivity contribution in [3.05, 3.63) is 15.6 Å². The van der Waals surface area contributed by atoms with Crippen LogP contribution in [0, 0.1) is 12.3 Å². The van der Waals surface area contributed by atoms with Gasteiger partial charge in [-0.05, 0) is 19.8 Å². The lowest BCUT2D eigenvalue weighted by Gasteiger charge is -2.28. The molecule has 1 aromatic rings. The number of aromatic nitrogens is 1. The number of carbonyl (C=O) groups excluding carboxylic acids is 1. The molecule has 0 saturated heterocycles. The molecule has 1 aromatic heterocycles. The molecule has 0 aliphatic rings. The average molecular weight is 299 g/mol. The first-order valence-electron chi connectivity index (χ1n) is 6.58. The Balaban J connectivity index is 2.74. The summed E-state index contributed by atoms with van der Waals surface area (Å²) in [6.07, 6.45) is 1.34. The number of carbonyl (C=O) groups is 2. The Morgan fingerprint density at radius 3 is 2.40 bits per heavy atom. The topological polar surface area (TPSA) is 105 Å². The SMILES string of the molecule is CCC(CC)(CN)C(=O)NCc1nc(C)c(C(=O)O)s1. The zero-order valence-electron chi connectivity index (χ0n) is 12.0. The summed E-state index contributed by atoms with van der Waals surface area (Å²) >= 11 is 1.09. The average Bonchev–Trinajstić information content (AvgIpc) is 2.80. The summed E-state index contributed by atoms with van der Waals surface area (Å²) in [6.45, 7) is 6.05. The minimum absolute atomic E-state index is 0.102. The zero-order chi connectivity index (χ0) is 15.3. The van der Waals surface area contributed by atoms with E-state index in [-0.39, 0.29) is 17.3 Å². The standard InChI is InChI=1S/C13H21N3O3S/c1-4-13(5-2,7-14)12(19)15-6-9-16-8(3)10(20-9)11(17)18/h4-7,14H2,1-3H3,(H,15,19)(H,17,18). The second kappa shape index (κ2) is 6.81. The van der Waals surface area contributed by atoms with Crippen LogP contribution in [0.5, 0.6) is 0 Å². The van der Waals surface area contributed by atoms with E-state index in [9.17, 15) is 9.59 Å². The van der Waals surface area contributed by atoms with E-state index in [1.807, 2.05) is 13.8 Å². The van der Waals surface area contributed by atoms with Gasteiger partial charge in [0, 0.05) is 6.54 Å². The van der Waals surface area contributed by atoms with Crippen LogP contribution in [0.4, 0.5) is 0 Å². The third-order valence-corrected chi connectivity index (χ3v) is 4.81. The molecule has 0 fully saturated rings. The number of hydrogen-bond donors (Lipinski definition) is 3. The molecule has 0 unspecified atom stereocenters. The van der Waals surface area contributed by atoms with Gasteiger partial charge in [0.15, 0.2) is 0 Å². The largest absolute Gasteiger partial charge is 0.477 e. The summed E-state index contributed by atoms with van der Waals surface area (Å²) in [4.78, 5) is 27.5. The van der Waals surface area contributed by atoms with Crippen molar-refractivity contribution in [2.24, 2.45) is 11.1 Å². The van der Waals surface area contributed by atoms with Crippen LogP contribution < -0.4 is 11.1 Å². The van der Waals surface area contributed by atoms with Crippen LogP contribution in [-0.2, 0) is 11.3 Å². The first-order valence-corrected chi connectivity index (χ1v) is 7.39. The van der Waals surface area contributed by atoms with Gasteiger partial charge in [-0.25, -0.2) is 9.78 Å². The van der Waals surface area contributed by atoms with Crippen molar-refractivity contribution >= 4 is 23.2 Å². The first-order chi connectivity index (χ1) is 9.40.